The molecule has 35 heavy (non-hydrogen) atoms. The standard InChI is InChI=1S/C24H26FN5O4S/c1-4-11-30-22(20(13-31)27-23(33)16-6-9-18(34-3)10-7-16)28-29-24(30)35-14-21(32)26-19-12-17(25)8-5-15(19)2/h4-10,12,20,31H,1,11,13-14H2,2-3H3,(H,26,32)(H,27,33)/t20-/m0/s1. The lowest BCUT2D eigenvalue weighted by atomic mass is 10.2. The first kappa shape index (κ1) is 25.9. The number of hydrogen-bond acceptors (Lipinski definition) is 7. The average Bonchev–Trinajstić information content (AvgIpc) is 3.26. The van der Waals surface area contributed by atoms with Gasteiger partial charge in [0.15, 0.2) is 11.0 Å². The van der Waals surface area contributed by atoms with Gasteiger partial charge in [0.05, 0.1) is 19.5 Å². The molecule has 0 saturated carbocycles. The summed E-state index contributed by atoms with van der Waals surface area (Å²) >= 11 is 1.12. The molecule has 0 radical (unpaired) electrons. The molecule has 0 aliphatic rings. The average molecular weight is 500 g/mol. The van der Waals surface area contributed by atoms with Crippen molar-refractivity contribution < 1.29 is 23.8 Å². The minimum Gasteiger partial charge on any atom is -0.497 e. The third-order valence-electron chi connectivity index (χ3n) is 5.01. The number of hydrogen-bond donors (Lipinski definition) is 3. The number of allylic oxidation sites excluding steroid dienone is 1. The van der Waals surface area contributed by atoms with Crippen LogP contribution in [0, 0.1) is 12.7 Å². The zero-order valence-corrected chi connectivity index (χ0v) is 20.1. The maximum atomic E-state index is 13.5. The minimum absolute atomic E-state index is 0.00672. The van der Waals surface area contributed by atoms with Crippen molar-refractivity contribution in [3.8, 4) is 5.75 Å². The monoisotopic (exact) mass is 499 g/mol. The molecule has 3 N–H and O–H groups in total. The lowest BCUT2D eigenvalue weighted by Gasteiger charge is -2.17. The molecule has 11 heteroatoms. The van der Waals surface area contributed by atoms with Gasteiger partial charge < -0.3 is 25.0 Å². The number of carbonyl (C=O) groups is 2. The zero-order valence-electron chi connectivity index (χ0n) is 19.3. The first-order valence-electron chi connectivity index (χ1n) is 10.6. The van der Waals surface area contributed by atoms with Gasteiger partial charge in [0.1, 0.15) is 17.6 Å². The second kappa shape index (κ2) is 12.1. The normalized spacial score (nSPS) is 11.5. The predicted molar refractivity (Wildman–Crippen MR) is 131 cm³/mol. The van der Waals surface area contributed by atoms with Gasteiger partial charge in [-0.3, -0.25) is 9.59 Å². The number of methoxy groups -OCH3 is 1. The quantitative estimate of drug-likeness (QED) is 0.274. The van der Waals surface area contributed by atoms with Crippen molar-refractivity contribution in [3.63, 3.8) is 0 Å². The molecule has 184 valence electrons. The molecular formula is C24H26FN5O4S. The Bertz CT molecular complexity index is 1200. The molecule has 0 aliphatic heterocycles. The number of amides is 2. The molecule has 0 bridgehead atoms. The fourth-order valence-corrected chi connectivity index (χ4v) is 3.94. The van der Waals surface area contributed by atoms with Crippen molar-refractivity contribution in [1.82, 2.24) is 20.1 Å². The van der Waals surface area contributed by atoms with Crippen molar-refractivity contribution in [1.29, 1.82) is 0 Å². The summed E-state index contributed by atoms with van der Waals surface area (Å²) in [5.74, 6) is -0.264. The molecule has 0 aliphatic carbocycles. The van der Waals surface area contributed by atoms with Crippen LogP contribution >= 0.6 is 11.8 Å². The topological polar surface area (TPSA) is 118 Å². The van der Waals surface area contributed by atoms with Crippen LogP contribution in [0.5, 0.6) is 5.75 Å². The largest absolute Gasteiger partial charge is 0.497 e. The molecule has 9 nitrogen and oxygen atoms in total. The molecule has 3 rings (SSSR count). The van der Waals surface area contributed by atoms with E-state index in [-0.39, 0.29) is 11.7 Å². The predicted octanol–water partition coefficient (Wildman–Crippen LogP) is 3.11. The van der Waals surface area contributed by atoms with E-state index in [9.17, 15) is 19.1 Å². The number of aliphatic hydroxyl groups excluding tert-OH is 1. The summed E-state index contributed by atoms with van der Waals surface area (Å²) < 4.78 is 20.2. The van der Waals surface area contributed by atoms with Gasteiger partial charge in [0.25, 0.3) is 5.91 Å². The highest BCUT2D eigenvalue weighted by atomic mass is 32.2. The van der Waals surface area contributed by atoms with Crippen molar-refractivity contribution >= 4 is 29.3 Å². The summed E-state index contributed by atoms with van der Waals surface area (Å²) in [4.78, 5) is 25.1. The number of anilines is 1. The summed E-state index contributed by atoms with van der Waals surface area (Å²) in [7, 11) is 1.53. The molecule has 3 aromatic rings. The van der Waals surface area contributed by atoms with E-state index in [2.05, 4.69) is 27.4 Å². The van der Waals surface area contributed by atoms with Crippen LogP contribution in [0.25, 0.3) is 0 Å². The third kappa shape index (κ3) is 6.67. The number of benzene rings is 2. The van der Waals surface area contributed by atoms with Crippen LogP contribution < -0.4 is 15.4 Å². The highest BCUT2D eigenvalue weighted by Crippen LogP contribution is 2.23. The van der Waals surface area contributed by atoms with Gasteiger partial charge in [-0.25, -0.2) is 4.39 Å². The second-order valence-electron chi connectivity index (χ2n) is 7.47. The molecular weight excluding hydrogens is 473 g/mol. The Morgan fingerprint density at radius 3 is 2.66 bits per heavy atom. The number of nitrogens with one attached hydrogen (secondary N) is 2. The third-order valence-corrected chi connectivity index (χ3v) is 5.98. The van der Waals surface area contributed by atoms with Gasteiger partial charge in [-0.1, -0.05) is 23.9 Å². The van der Waals surface area contributed by atoms with Crippen molar-refractivity contribution in [3.05, 3.63) is 77.9 Å². The molecule has 1 atom stereocenters. The smallest absolute Gasteiger partial charge is 0.251 e. The number of rotatable bonds is 11. The maximum Gasteiger partial charge on any atom is 0.251 e. The van der Waals surface area contributed by atoms with Crippen molar-refractivity contribution in [2.24, 2.45) is 0 Å². The van der Waals surface area contributed by atoms with Crippen molar-refractivity contribution in [2.45, 2.75) is 24.7 Å². The summed E-state index contributed by atoms with van der Waals surface area (Å²) in [5, 5.41) is 24.0. The fraction of sp³-hybridized carbons (Fsp3) is 0.250. The van der Waals surface area contributed by atoms with Gasteiger partial charge in [-0.05, 0) is 48.9 Å². The molecule has 2 amide bonds. The van der Waals surface area contributed by atoms with Crippen LogP contribution in [-0.2, 0) is 11.3 Å². The summed E-state index contributed by atoms with van der Waals surface area (Å²) in [6, 6.07) is 9.87. The number of nitrogens with zero attached hydrogens (tertiary/aromatic N) is 3. The van der Waals surface area contributed by atoms with E-state index >= 15 is 0 Å². The van der Waals surface area contributed by atoms with Crippen LogP contribution in [0.15, 0.2) is 60.3 Å². The molecule has 1 aromatic heterocycles. The number of carbonyl (C=O) groups excluding carboxylic acids is 2. The molecule has 1 heterocycles. The summed E-state index contributed by atoms with van der Waals surface area (Å²) in [5.41, 5.74) is 1.52. The Hall–Kier alpha value is -3.70. The Balaban J connectivity index is 1.71. The first-order chi connectivity index (χ1) is 16.9. The first-order valence-corrected chi connectivity index (χ1v) is 11.6. The van der Waals surface area contributed by atoms with E-state index in [4.69, 9.17) is 4.74 Å². The second-order valence-corrected chi connectivity index (χ2v) is 8.42. The lowest BCUT2D eigenvalue weighted by molar-refractivity contribution is -0.113. The van der Waals surface area contributed by atoms with Gasteiger partial charge in [0.2, 0.25) is 5.91 Å². The number of aliphatic hydroxyl groups is 1. The molecule has 0 fully saturated rings. The van der Waals surface area contributed by atoms with Gasteiger partial charge in [-0.15, -0.1) is 16.8 Å². The number of aromatic nitrogens is 3. The van der Waals surface area contributed by atoms with E-state index in [0.717, 1.165) is 17.3 Å². The Labute approximate surface area is 206 Å². The Morgan fingerprint density at radius 2 is 2.00 bits per heavy atom. The van der Waals surface area contributed by atoms with E-state index in [1.807, 2.05) is 0 Å². The zero-order chi connectivity index (χ0) is 25.4. The molecule has 0 unspecified atom stereocenters. The van der Waals surface area contributed by atoms with Gasteiger partial charge >= 0.3 is 0 Å². The summed E-state index contributed by atoms with van der Waals surface area (Å²) in [6.07, 6.45) is 1.62. The maximum absolute atomic E-state index is 13.5. The highest BCUT2D eigenvalue weighted by Gasteiger charge is 2.23. The number of aryl methyl sites for hydroxylation is 1. The van der Waals surface area contributed by atoms with E-state index in [0.29, 0.717) is 34.5 Å². The van der Waals surface area contributed by atoms with Crippen LogP contribution in [0.3, 0.4) is 0 Å². The molecule has 0 spiro atoms. The Kier molecular flexibility index (Phi) is 8.98. The minimum atomic E-state index is -0.838. The summed E-state index contributed by atoms with van der Waals surface area (Å²) in [6.45, 7) is 5.38. The van der Waals surface area contributed by atoms with Crippen molar-refractivity contribution in [2.75, 3.05) is 24.8 Å². The molecule has 2 aromatic carbocycles. The van der Waals surface area contributed by atoms with Crippen LogP contribution in [-0.4, -0.2) is 51.2 Å². The van der Waals surface area contributed by atoms with Gasteiger partial charge in [0, 0.05) is 17.8 Å². The fourth-order valence-electron chi connectivity index (χ4n) is 3.19. The van der Waals surface area contributed by atoms with E-state index in [1.165, 1.54) is 19.2 Å². The SMILES string of the molecule is C=CCn1c(SCC(=O)Nc2cc(F)ccc2C)nnc1[C@H](CO)NC(=O)c1ccc(OC)cc1. The van der Waals surface area contributed by atoms with Crippen LogP contribution in [0.2, 0.25) is 0 Å². The van der Waals surface area contributed by atoms with Gasteiger partial charge in [-0.2, -0.15) is 0 Å². The Morgan fingerprint density at radius 1 is 1.26 bits per heavy atom. The molecule has 0 saturated heterocycles. The number of ether oxygens (including phenoxy) is 1. The van der Waals surface area contributed by atoms with Crippen LogP contribution in [0.1, 0.15) is 27.8 Å². The van der Waals surface area contributed by atoms with E-state index in [1.54, 1.807) is 47.9 Å². The van der Waals surface area contributed by atoms with E-state index < -0.39 is 24.4 Å². The number of halogens is 1. The lowest BCUT2D eigenvalue weighted by Crippen LogP contribution is -2.33. The van der Waals surface area contributed by atoms with Crippen LogP contribution in [0.4, 0.5) is 10.1 Å². The number of thioether (sulfide) groups is 1. The highest BCUT2D eigenvalue weighted by molar-refractivity contribution is 7.99.